The quantitative estimate of drug-likeness (QED) is 0.786. The van der Waals surface area contributed by atoms with Crippen LogP contribution >= 0.6 is 0 Å². The van der Waals surface area contributed by atoms with Crippen LogP contribution in [0.3, 0.4) is 0 Å². The molecule has 0 radical (unpaired) electrons. The zero-order chi connectivity index (χ0) is 9.80. The third kappa shape index (κ3) is 1.87. The Morgan fingerprint density at radius 3 is 3.07 bits per heavy atom. The van der Waals surface area contributed by atoms with Gasteiger partial charge in [0.05, 0.1) is 12.3 Å². The van der Waals surface area contributed by atoms with Crippen molar-refractivity contribution in [1.82, 2.24) is 10.3 Å². The first-order chi connectivity index (χ1) is 6.92. The van der Waals surface area contributed by atoms with E-state index in [0.29, 0.717) is 5.92 Å². The molecule has 0 saturated carbocycles. The van der Waals surface area contributed by atoms with Crippen LogP contribution < -0.4 is 10.1 Å². The van der Waals surface area contributed by atoms with Gasteiger partial charge in [0.1, 0.15) is 5.75 Å². The summed E-state index contributed by atoms with van der Waals surface area (Å²) in [6, 6.07) is 3.94. The lowest BCUT2D eigenvalue weighted by atomic mass is 9.98. The maximum absolute atomic E-state index is 5.65. The van der Waals surface area contributed by atoms with Gasteiger partial charge in [-0.15, -0.1) is 0 Å². The molecule has 1 N–H and O–H groups in total. The van der Waals surface area contributed by atoms with Crippen LogP contribution in [0.1, 0.15) is 25.0 Å². The van der Waals surface area contributed by atoms with Gasteiger partial charge in [0.2, 0.25) is 0 Å². The topological polar surface area (TPSA) is 34.1 Å². The van der Waals surface area contributed by atoms with E-state index in [-0.39, 0.29) is 0 Å². The van der Waals surface area contributed by atoms with E-state index in [2.05, 4.69) is 17.2 Å². The van der Waals surface area contributed by atoms with Crippen LogP contribution in [0.2, 0.25) is 0 Å². The second kappa shape index (κ2) is 4.42. The standard InChI is InChI=1S/C11H16N2O/c1-2-6-14-10-4-3-5-13-11(10)9-7-12-8-9/h3-5,9,12H,2,6-8H2,1H3. The highest BCUT2D eigenvalue weighted by atomic mass is 16.5. The van der Waals surface area contributed by atoms with Crippen molar-refractivity contribution in [3.05, 3.63) is 24.0 Å². The van der Waals surface area contributed by atoms with Crippen molar-refractivity contribution >= 4 is 0 Å². The van der Waals surface area contributed by atoms with Crippen molar-refractivity contribution in [2.75, 3.05) is 19.7 Å². The Balaban J connectivity index is 2.11. The van der Waals surface area contributed by atoms with Crippen LogP contribution in [0.4, 0.5) is 0 Å². The summed E-state index contributed by atoms with van der Waals surface area (Å²) >= 11 is 0. The maximum Gasteiger partial charge on any atom is 0.141 e. The zero-order valence-electron chi connectivity index (χ0n) is 8.49. The molecule has 14 heavy (non-hydrogen) atoms. The molecule has 0 bridgehead atoms. The molecule has 3 heteroatoms. The molecule has 1 aliphatic heterocycles. The van der Waals surface area contributed by atoms with Gasteiger partial charge in [-0.1, -0.05) is 6.92 Å². The van der Waals surface area contributed by atoms with E-state index in [9.17, 15) is 0 Å². The van der Waals surface area contributed by atoms with E-state index in [1.54, 1.807) is 0 Å². The van der Waals surface area contributed by atoms with Gasteiger partial charge in [0, 0.05) is 25.2 Å². The Morgan fingerprint density at radius 1 is 1.57 bits per heavy atom. The summed E-state index contributed by atoms with van der Waals surface area (Å²) in [7, 11) is 0. The highest BCUT2D eigenvalue weighted by Gasteiger charge is 2.23. The average molecular weight is 192 g/mol. The molecular weight excluding hydrogens is 176 g/mol. The Morgan fingerprint density at radius 2 is 2.43 bits per heavy atom. The van der Waals surface area contributed by atoms with E-state index in [0.717, 1.165) is 37.6 Å². The molecule has 0 spiro atoms. The summed E-state index contributed by atoms with van der Waals surface area (Å²) in [5.74, 6) is 1.50. The highest BCUT2D eigenvalue weighted by molar-refractivity contribution is 5.31. The number of hydrogen-bond donors (Lipinski definition) is 1. The minimum absolute atomic E-state index is 0.544. The van der Waals surface area contributed by atoms with E-state index >= 15 is 0 Å². The SMILES string of the molecule is CCCOc1cccnc1C1CNC1. The lowest BCUT2D eigenvalue weighted by Gasteiger charge is -2.27. The summed E-state index contributed by atoms with van der Waals surface area (Å²) in [5, 5.41) is 3.25. The minimum Gasteiger partial charge on any atom is -0.492 e. The summed E-state index contributed by atoms with van der Waals surface area (Å²) in [6.45, 7) is 4.94. The van der Waals surface area contributed by atoms with Gasteiger partial charge in [-0.25, -0.2) is 0 Å². The molecular formula is C11H16N2O. The molecule has 2 heterocycles. The lowest BCUT2D eigenvalue weighted by molar-refractivity contribution is 0.304. The van der Waals surface area contributed by atoms with Crippen molar-refractivity contribution in [2.24, 2.45) is 0 Å². The van der Waals surface area contributed by atoms with Crippen LogP contribution in [-0.4, -0.2) is 24.7 Å². The fourth-order valence-corrected chi connectivity index (χ4v) is 1.53. The Bertz CT molecular complexity index is 297. The number of pyridine rings is 1. The molecule has 2 rings (SSSR count). The molecule has 76 valence electrons. The second-order valence-corrected chi connectivity index (χ2v) is 3.59. The molecule has 0 unspecified atom stereocenters. The third-order valence-electron chi connectivity index (χ3n) is 2.43. The monoisotopic (exact) mass is 192 g/mol. The van der Waals surface area contributed by atoms with Gasteiger partial charge in [-0.05, 0) is 18.6 Å². The van der Waals surface area contributed by atoms with Crippen LogP contribution in [-0.2, 0) is 0 Å². The van der Waals surface area contributed by atoms with Gasteiger partial charge in [-0.3, -0.25) is 4.98 Å². The molecule has 1 aromatic rings. The van der Waals surface area contributed by atoms with E-state index in [4.69, 9.17) is 4.74 Å². The fraction of sp³-hybridized carbons (Fsp3) is 0.545. The first kappa shape index (κ1) is 9.46. The summed E-state index contributed by atoms with van der Waals surface area (Å²) in [6.07, 6.45) is 2.88. The largest absolute Gasteiger partial charge is 0.492 e. The number of nitrogens with zero attached hydrogens (tertiary/aromatic N) is 1. The number of hydrogen-bond acceptors (Lipinski definition) is 3. The van der Waals surface area contributed by atoms with Crippen LogP contribution in [0.25, 0.3) is 0 Å². The van der Waals surface area contributed by atoms with Crippen molar-refractivity contribution in [3.63, 3.8) is 0 Å². The van der Waals surface area contributed by atoms with E-state index in [1.165, 1.54) is 0 Å². The van der Waals surface area contributed by atoms with E-state index < -0.39 is 0 Å². The summed E-state index contributed by atoms with van der Waals surface area (Å²) in [5.41, 5.74) is 1.11. The first-order valence-electron chi connectivity index (χ1n) is 5.20. The number of rotatable bonds is 4. The average Bonchev–Trinajstić information content (AvgIpc) is 2.14. The van der Waals surface area contributed by atoms with Crippen LogP contribution in [0, 0.1) is 0 Å². The van der Waals surface area contributed by atoms with E-state index in [1.807, 2.05) is 18.3 Å². The Hall–Kier alpha value is -1.09. The van der Waals surface area contributed by atoms with Crippen molar-refractivity contribution < 1.29 is 4.74 Å². The normalized spacial score (nSPS) is 16.4. The highest BCUT2D eigenvalue weighted by Crippen LogP contribution is 2.26. The third-order valence-corrected chi connectivity index (χ3v) is 2.43. The second-order valence-electron chi connectivity index (χ2n) is 3.59. The predicted octanol–water partition coefficient (Wildman–Crippen LogP) is 1.56. The number of ether oxygens (including phenoxy) is 1. The summed E-state index contributed by atoms with van der Waals surface area (Å²) < 4.78 is 5.65. The molecule has 1 aromatic heterocycles. The maximum atomic E-state index is 5.65. The molecule has 0 aromatic carbocycles. The smallest absolute Gasteiger partial charge is 0.141 e. The molecule has 0 aliphatic carbocycles. The molecule has 0 amide bonds. The minimum atomic E-state index is 0.544. The number of aromatic nitrogens is 1. The van der Waals surface area contributed by atoms with Crippen LogP contribution in [0.5, 0.6) is 5.75 Å². The fourth-order valence-electron chi connectivity index (χ4n) is 1.53. The first-order valence-corrected chi connectivity index (χ1v) is 5.20. The Kier molecular flexibility index (Phi) is 2.99. The zero-order valence-corrected chi connectivity index (χ0v) is 8.49. The molecule has 3 nitrogen and oxygen atoms in total. The van der Waals surface area contributed by atoms with Crippen molar-refractivity contribution in [3.8, 4) is 5.75 Å². The van der Waals surface area contributed by atoms with Gasteiger partial charge in [0.25, 0.3) is 0 Å². The molecule has 1 saturated heterocycles. The lowest BCUT2D eigenvalue weighted by Crippen LogP contribution is -2.40. The Labute approximate surface area is 84.5 Å². The van der Waals surface area contributed by atoms with Crippen LogP contribution in [0.15, 0.2) is 18.3 Å². The van der Waals surface area contributed by atoms with Gasteiger partial charge >= 0.3 is 0 Å². The predicted molar refractivity (Wildman–Crippen MR) is 55.6 cm³/mol. The number of nitrogens with one attached hydrogen (secondary N) is 1. The summed E-state index contributed by atoms with van der Waals surface area (Å²) in [4.78, 5) is 4.39. The van der Waals surface area contributed by atoms with Gasteiger partial charge < -0.3 is 10.1 Å². The van der Waals surface area contributed by atoms with Gasteiger partial charge in [-0.2, -0.15) is 0 Å². The van der Waals surface area contributed by atoms with Gasteiger partial charge in [0.15, 0.2) is 0 Å². The molecule has 0 atom stereocenters. The van der Waals surface area contributed by atoms with Crippen molar-refractivity contribution in [1.29, 1.82) is 0 Å². The van der Waals surface area contributed by atoms with Crippen molar-refractivity contribution in [2.45, 2.75) is 19.3 Å². The molecule has 1 aliphatic rings. The molecule has 1 fully saturated rings.